The number of aryl methyl sites for hydroxylation is 1. The average molecular weight is 269 g/mol. The van der Waals surface area contributed by atoms with Gasteiger partial charge in [-0.3, -0.25) is 4.79 Å². The van der Waals surface area contributed by atoms with Gasteiger partial charge in [-0.2, -0.15) is 4.39 Å². The number of aromatic carboxylic acids is 1. The predicted molar refractivity (Wildman–Crippen MR) is 62.6 cm³/mol. The van der Waals surface area contributed by atoms with Gasteiger partial charge in [0.05, 0.1) is 18.0 Å². The van der Waals surface area contributed by atoms with Crippen LogP contribution in [0.1, 0.15) is 10.4 Å². The monoisotopic (exact) mass is 269 g/mol. The van der Waals surface area contributed by atoms with Crippen molar-refractivity contribution in [2.45, 2.75) is 0 Å². The molecule has 0 aliphatic carbocycles. The standard InChI is InChI=1S/C12H9F2NO4/c1-15-4-6(12(17)18)10(16)5-3-7(13)8(14)11(19-2)9(5)15/h3-4H,1-2H3,(H,17,18). The molecule has 0 amide bonds. The first-order chi connectivity index (χ1) is 8.88. The molecular formula is C12H9F2NO4. The molecule has 0 radical (unpaired) electrons. The van der Waals surface area contributed by atoms with Crippen LogP contribution in [0.15, 0.2) is 17.1 Å². The summed E-state index contributed by atoms with van der Waals surface area (Å²) in [6, 6.07) is 0.669. The first-order valence-electron chi connectivity index (χ1n) is 5.17. The van der Waals surface area contributed by atoms with Crippen molar-refractivity contribution in [1.29, 1.82) is 0 Å². The fraction of sp³-hybridized carbons (Fsp3) is 0.167. The van der Waals surface area contributed by atoms with Crippen LogP contribution in [-0.2, 0) is 7.05 Å². The lowest BCUT2D eigenvalue weighted by Gasteiger charge is -2.12. The number of benzene rings is 1. The van der Waals surface area contributed by atoms with Gasteiger partial charge in [-0.1, -0.05) is 0 Å². The maximum absolute atomic E-state index is 13.6. The van der Waals surface area contributed by atoms with Gasteiger partial charge < -0.3 is 14.4 Å². The van der Waals surface area contributed by atoms with Gasteiger partial charge in [0.2, 0.25) is 11.2 Å². The van der Waals surface area contributed by atoms with E-state index in [9.17, 15) is 18.4 Å². The molecule has 1 aromatic heterocycles. The van der Waals surface area contributed by atoms with E-state index >= 15 is 0 Å². The minimum absolute atomic E-state index is 0.00333. The van der Waals surface area contributed by atoms with E-state index in [-0.39, 0.29) is 10.9 Å². The molecule has 0 saturated carbocycles. The number of ether oxygens (including phenoxy) is 1. The first kappa shape index (κ1) is 13.0. The summed E-state index contributed by atoms with van der Waals surface area (Å²) in [6.45, 7) is 0. The Morgan fingerprint density at radius 3 is 2.58 bits per heavy atom. The largest absolute Gasteiger partial charge is 0.491 e. The van der Waals surface area contributed by atoms with E-state index in [2.05, 4.69) is 0 Å². The minimum atomic E-state index is -1.44. The Labute approximate surface area is 105 Å². The Bertz CT molecular complexity index is 752. The van der Waals surface area contributed by atoms with Crippen molar-refractivity contribution in [3.8, 4) is 5.75 Å². The van der Waals surface area contributed by atoms with E-state index in [1.54, 1.807) is 0 Å². The fourth-order valence-electron chi connectivity index (χ4n) is 1.92. The van der Waals surface area contributed by atoms with Crippen LogP contribution < -0.4 is 10.2 Å². The SMILES string of the molecule is COc1c(F)c(F)cc2c(=O)c(C(=O)O)cn(C)c12. The number of rotatable bonds is 2. The van der Waals surface area contributed by atoms with Gasteiger partial charge in [0.25, 0.3) is 0 Å². The third-order valence-corrected chi connectivity index (χ3v) is 2.75. The Balaban J connectivity index is 3.07. The maximum atomic E-state index is 13.6. The molecule has 7 heteroatoms. The molecule has 5 nitrogen and oxygen atoms in total. The summed E-state index contributed by atoms with van der Waals surface area (Å²) in [5, 5.41) is 8.64. The van der Waals surface area contributed by atoms with Gasteiger partial charge in [0, 0.05) is 13.2 Å². The van der Waals surface area contributed by atoms with Gasteiger partial charge >= 0.3 is 5.97 Å². The summed E-state index contributed by atoms with van der Waals surface area (Å²) >= 11 is 0. The van der Waals surface area contributed by atoms with E-state index in [1.165, 1.54) is 11.6 Å². The number of methoxy groups -OCH3 is 1. The van der Waals surface area contributed by atoms with Crippen molar-refractivity contribution in [1.82, 2.24) is 4.57 Å². The summed E-state index contributed by atoms with van der Waals surface area (Å²) in [5.74, 6) is -4.38. The molecule has 1 heterocycles. The maximum Gasteiger partial charge on any atom is 0.341 e. The molecule has 0 atom stereocenters. The first-order valence-corrected chi connectivity index (χ1v) is 5.17. The third kappa shape index (κ3) is 1.83. The summed E-state index contributed by atoms with van der Waals surface area (Å²) in [4.78, 5) is 22.8. The number of hydrogen-bond donors (Lipinski definition) is 1. The zero-order valence-corrected chi connectivity index (χ0v) is 10.0. The van der Waals surface area contributed by atoms with Crippen LogP contribution in [0.3, 0.4) is 0 Å². The Kier molecular flexibility index (Phi) is 2.97. The molecule has 1 N–H and O–H groups in total. The third-order valence-electron chi connectivity index (χ3n) is 2.75. The number of carboxylic acids is 1. The molecule has 0 bridgehead atoms. The molecule has 19 heavy (non-hydrogen) atoms. The smallest absolute Gasteiger partial charge is 0.341 e. The normalized spacial score (nSPS) is 10.7. The zero-order valence-electron chi connectivity index (χ0n) is 10.0. The molecule has 0 aliphatic rings. The van der Waals surface area contributed by atoms with Crippen molar-refractivity contribution < 1.29 is 23.4 Å². The van der Waals surface area contributed by atoms with Crippen molar-refractivity contribution >= 4 is 16.9 Å². The summed E-state index contributed by atoms with van der Waals surface area (Å²) in [6.07, 6.45) is 1.03. The number of carbonyl (C=O) groups is 1. The number of halogens is 2. The molecule has 0 saturated heterocycles. The number of aromatic nitrogens is 1. The molecule has 0 fully saturated rings. The molecule has 1 aromatic carbocycles. The molecule has 0 spiro atoms. The van der Waals surface area contributed by atoms with Gasteiger partial charge in [-0.25, -0.2) is 9.18 Å². The summed E-state index contributed by atoms with van der Waals surface area (Å²) in [7, 11) is 2.54. The van der Waals surface area contributed by atoms with E-state index in [4.69, 9.17) is 9.84 Å². The van der Waals surface area contributed by atoms with E-state index in [1.807, 2.05) is 0 Å². The molecule has 0 unspecified atom stereocenters. The van der Waals surface area contributed by atoms with Crippen LogP contribution in [-0.4, -0.2) is 22.8 Å². The van der Waals surface area contributed by atoms with Crippen LogP contribution in [0, 0.1) is 11.6 Å². The second kappa shape index (κ2) is 4.34. The van der Waals surface area contributed by atoms with Crippen molar-refractivity contribution in [3.63, 3.8) is 0 Å². The Morgan fingerprint density at radius 1 is 1.42 bits per heavy atom. The van der Waals surface area contributed by atoms with E-state index in [0.717, 1.165) is 13.3 Å². The van der Waals surface area contributed by atoms with Crippen LogP contribution in [0.5, 0.6) is 5.75 Å². The lowest BCUT2D eigenvalue weighted by molar-refractivity contribution is 0.0695. The van der Waals surface area contributed by atoms with E-state index < -0.39 is 34.3 Å². The quantitative estimate of drug-likeness (QED) is 0.897. The highest BCUT2D eigenvalue weighted by atomic mass is 19.2. The van der Waals surface area contributed by atoms with Crippen LogP contribution in [0.2, 0.25) is 0 Å². The molecular weight excluding hydrogens is 260 g/mol. The number of nitrogens with zero attached hydrogens (tertiary/aromatic N) is 1. The zero-order chi connectivity index (χ0) is 14.3. The minimum Gasteiger partial charge on any atom is -0.491 e. The van der Waals surface area contributed by atoms with E-state index in [0.29, 0.717) is 6.07 Å². The molecule has 2 aromatic rings. The lowest BCUT2D eigenvalue weighted by atomic mass is 10.1. The molecule has 100 valence electrons. The van der Waals surface area contributed by atoms with Crippen molar-refractivity contribution in [3.05, 3.63) is 39.7 Å². The molecule has 0 aliphatic heterocycles. The lowest BCUT2D eigenvalue weighted by Crippen LogP contribution is -2.19. The number of pyridine rings is 1. The predicted octanol–water partition coefficient (Wildman–Crippen LogP) is 1.52. The van der Waals surface area contributed by atoms with Gasteiger partial charge in [-0.05, 0) is 6.07 Å². The van der Waals surface area contributed by atoms with Gasteiger partial charge in [-0.15, -0.1) is 0 Å². The number of fused-ring (bicyclic) bond motifs is 1. The number of hydrogen-bond acceptors (Lipinski definition) is 3. The van der Waals surface area contributed by atoms with Crippen LogP contribution in [0.4, 0.5) is 8.78 Å². The highest BCUT2D eigenvalue weighted by Gasteiger charge is 2.21. The highest BCUT2D eigenvalue weighted by Crippen LogP contribution is 2.29. The Hall–Kier alpha value is -2.44. The van der Waals surface area contributed by atoms with Crippen LogP contribution in [0.25, 0.3) is 10.9 Å². The summed E-state index contributed by atoms with van der Waals surface area (Å²) < 4.78 is 32.9. The second-order valence-corrected chi connectivity index (χ2v) is 3.89. The second-order valence-electron chi connectivity index (χ2n) is 3.89. The Morgan fingerprint density at radius 2 is 2.05 bits per heavy atom. The number of carboxylic acid groups (broad SMARTS) is 1. The molecule has 2 rings (SSSR count). The van der Waals surface area contributed by atoms with Gasteiger partial charge in [0.15, 0.2) is 11.6 Å². The highest BCUT2D eigenvalue weighted by molar-refractivity contribution is 5.94. The fourth-order valence-corrected chi connectivity index (χ4v) is 1.92. The average Bonchev–Trinajstić information content (AvgIpc) is 2.35. The van der Waals surface area contributed by atoms with Gasteiger partial charge in [0.1, 0.15) is 5.56 Å². The van der Waals surface area contributed by atoms with Crippen molar-refractivity contribution in [2.24, 2.45) is 7.05 Å². The summed E-state index contributed by atoms with van der Waals surface area (Å²) in [5.41, 5.74) is -1.42. The topological polar surface area (TPSA) is 68.5 Å². The van der Waals surface area contributed by atoms with Crippen LogP contribution >= 0.6 is 0 Å². The van der Waals surface area contributed by atoms with Crippen molar-refractivity contribution in [2.75, 3.05) is 7.11 Å².